The summed E-state index contributed by atoms with van der Waals surface area (Å²) in [6, 6.07) is 15.0. The molecule has 2 nitrogen and oxygen atoms in total. The molecule has 3 aromatic rings. The van der Waals surface area contributed by atoms with Crippen molar-refractivity contribution < 1.29 is 0 Å². The van der Waals surface area contributed by atoms with Gasteiger partial charge in [-0.2, -0.15) is 0 Å². The molecule has 0 saturated carbocycles. The van der Waals surface area contributed by atoms with Crippen molar-refractivity contribution in [1.82, 2.24) is 9.97 Å². The minimum atomic E-state index is 0.138. The quantitative estimate of drug-likeness (QED) is 0.289. The van der Waals surface area contributed by atoms with Crippen LogP contribution >= 0.6 is 0 Å². The largest absolute Gasteiger partial charge is 0.248 e. The van der Waals surface area contributed by atoms with Gasteiger partial charge in [0.2, 0.25) is 0 Å². The first kappa shape index (κ1) is 30.3. The molecule has 206 valence electrons. The summed E-state index contributed by atoms with van der Waals surface area (Å²) < 4.78 is 0. The number of hydrogen-bond donors (Lipinski definition) is 0. The van der Waals surface area contributed by atoms with Crippen LogP contribution in [0.25, 0.3) is 33.4 Å². The summed E-state index contributed by atoms with van der Waals surface area (Å²) in [4.78, 5) is 10.7. The van der Waals surface area contributed by atoms with Crippen molar-refractivity contribution in [2.75, 3.05) is 0 Å². The molecule has 2 heteroatoms. The number of hydrogen-bond acceptors (Lipinski definition) is 2. The molecule has 0 amide bonds. The maximum Gasteiger partial charge on any atom is 0.0975 e. The van der Waals surface area contributed by atoms with E-state index in [0.717, 1.165) is 52.0 Å². The summed E-state index contributed by atoms with van der Waals surface area (Å²) in [7, 11) is 0. The number of allylic oxidation sites excluding steroid dienone is 8. The van der Waals surface area contributed by atoms with Gasteiger partial charge in [0.15, 0.2) is 0 Å². The Morgan fingerprint density at radius 3 is 1.54 bits per heavy atom. The lowest BCUT2D eigenvalue weighted by molar-refractivity contribution is 0.504. The fourth-order valence-corrected chi connectivity index (χ4v) is 4.22. The van der Waals surface area contributed by atoms with Crippen LogP contribution in [0.15, 0.2) is 77.9 Å². The minimum absolute atomic E-state index is 0.138. The summed E-state index contributed by atoms with van der Waals surface area (Å²) in [5.74, 6) is 0. The van der Waals surface area contributed by atoms with E-state index in [1.807, 2.05) is 0 Å². The number of aryl methyl sites for hydroxylation is 1. The Balaban J connectivity index is 2.34. The molecule has 0 bridgehead atoms. The zero-order valence-electron chi connectivity index (χ0n) is 26.2. The fourth-order valence-electron chi connectivity index (χ4n) is 4.22. The molecule has 1 aromatic heterocycles. The molecule has 0 spiro atoms. The lowest BCUT2D eigenvalue weighted by Crippen LogP contribution is -2.06. The third-order valence-corrected chi connectivity index (χ3v) is 7.81. The smallest absolute Gasteiger partial charge is 0.0975 e. The van der Waals surface area contributed by atoms with E-state index in [0.29, 0.717) is 0 Å². The van der Waals surface area contributed by atoms with Gasteiger partial charge < -0.3 is 0 Å². The van der Waals surface area contributed by atoms with Crippen molar-refractivity contribution >= 4 is 22.2 Å². The number of nitrogens with zero attached hydrogens (tertiary/aromatic N) is 2. The van der Waals surface area contributed by atoms with Gasteiger partial charge in [0.05, 0.1) is 22.4 Å². The average Bonchev–Trinajstić information content (AvgIpc) is 2.88. The normalized spacial score (nSPS) is 14.3. The van der Waals surface area contributed by atoms with Gasteiger partial charge in [-0.05, 0) is 56.1 Å². The van der Waals surface area contributed by atoms with E-state index in [4.69, 9.17) is 9.97 Å². The predicted octanol–water partition coefficient (Wildman–Crippen LogP) is 11.0. The van der Waals surface area contributed by atoms with Crippen LogP contribution in [-0.4, -0.2) is 9.97 Å². The Labute approximate surface area is 237 Å². The predicted molar refractivity (Wildman–Crippen MR) is 173 cm³/mol. The van der Waals surface area contributed by atoms with Crippen molar-refractivity contribution in [3.63, 3.8) is 0 Å². The zero-order valence-corrected chi connectivity index (χ0v) is 26.2. The average molecular weight is 521 g/mol. The molecule has 0 aliphatic carbocycles. The summed E-state index contributed by atoms with van der Waals surface area (Å²) in [5, 5.41) is 0. The first-order valence-electron chi connectivity index (χ1n) is 14.3. The molecule has 0 N–H and O–H groups in total. The molecule has 39 heavy (non-hydrogen) atoms. The van der Waals surface area contributed by atoms with E-state index in [-0.39, 0.29) is 10.8 Å². The highest BCUT2D eigenvalue weighted by Crippen LogP contribution is 2.34. The summed E-state index contributed by atoms with van der Waals surface area (Å²) in [5.41, 5.74) is 12.8. The maximum atomic E-state index is 5.37. The molecule has 0 aliphatic rings. The van der Waals surface area contributed by atoms with Gasteiger partial charge in [0, 0.05) is 16.7 Å². The van der Waals surface area contributed by atoms with Crippen molar-refractivity contribution in [3.8, 4) is 11.3 Å². The van der Waals surface area contributed by atoms with Gasteiger partial charge in [-0.15, -0.1) is 0 Å². The van der Waals surface area contributed by atoms with Crippen molar-refractivity contribution in [2.45, 2.75) is 89.0 Å². The first-order valence-corrected chi connectivity index (χ1v) is 14.3. The fraction of sp³-hybridized carbons (Fsp3) is 0.405. The van der Waals surface area contributed by atoms with Crippen LogP contribution in [0.3, 0.4) is 0 Å². The second-order valence-electron chi connectivity index (χ2n) is 12.9. The van der Waals surface area contributed by atoms with Gasteiger partial charge in [0.25, 0.3) is 0 Å². The van der Waals surface area contributed by atoms with Gasteiger partial charge in [-0.1, -0.05) is 133 Å². The molecular formula is C37H48N2. The van der Waals surface area contributed by atoms with Crippen LogP contribution in [0.4, 0.5) is 0 Å². The zero-order chi connectivity index (χ0) is 29.0. The van der Waals surface area contributed by atoms with Gasteiger partial charge in [-0.25, -0.2) is 9.97 Å². The Bertz CT molecular complexity index is 1430. The minimum Gasteiger partial charge on any atom is -0.248 e. The van der Waals surface area contributed by atoms with E-state index in [2.05, 4.69) is 143 Å². The molecule has 0 radical (unpaired) electrons. The van der Waals surface area contributed by atoms with E-state index < -0.39 is 0 Å². The van der Waals surface area contributed by atoms with Crippen LogP contribution in [0.2, 0.25) is 0 Å². The Morgan fingerprint density at radius 2 is 1.10 bits per heavy atom. The van der Waals surface area contributed by atoms with E-state index >= 15 is 0 Å². The topological polar surface area (TPSA) is 25.8 Å². The van der Waals surface area contributed by atoms with Crippen molar-refractivity contribution in [2.24, 2.45) is 10.8 Å². The Hall–Kier alpha value is -3.26. The molecular weight excluding hydrogens is 472 g/mol. The van der Waals surface area contributed by atoms with Crippen molar-refractivity contribution in [3.05, 3.63) is 94.7 Å². The van der Waals surface area contributed by atoms with Gasteiger partial charge >= 0.3 is 0 Å². The molecule has 0 aliphatic heterocycles. The second kappa shape index (κ2) is 12.3. The van der Waals surface area contributed by atoms with Crippen LogP contribution in [0, 0.1) is 10.8 Å². The maximum absolute atomic E-state index is 5.37. The number of rotatable bonds is 7. The van der Waals surface area contributed by atoms with E-state index in [1.54, 1.807) is 0 Å². The monoisotopic (exact) mass is 520 g/mol. The lowest BCUT2D eigenvalue weighted by Gasteiger charge is -2.19. The number of aromatic nitrogens is 2. The van der Waals surface area contributed by atoms with Crippen LogP contribution in [-0.2, 0) is 6.42 Å². The third-order valence-electron chi connectivity index (χ3n) is 7.81. The number of fused-ring (bicyclic) bond motifs is 1. The summed E-state index contributed by atoms with van der Waals surface area (Å²) in [6.07, 6.45) is 10.9. The molecule has 0 unspecified atom stereocenters. The highest BCUT2D eigenvalue weighted by molar-refractivity contribution is 5.97. The molecule has 0 saturated heterocycles. The number of benzene rings is 2. The first-order chi connectivity index (χ1) is 18.2. The van der Waals surface area contributed by atoms with Crippen LogP contribution in [0.1, 0.15) is 99.4 Å². The SMILES string of the molecule is CCCc1nc2c(/C(C)=C/C=C(\C)C(C)(C)C)ccc(/C(C)=C/C=C(\C)C(C)(C)C)c2nc1-c1ccccc1. The van der Waals surface area contributed by atoms with E-state index in [9.17, 15) is 0 Å². The Kier molecular flexibility index (Phi) is 9.54. The van der Waals surface area contributed by atoms with Gasteiger partial charge in [-0.3, -0.25) is 0 Å². The standard InChI is InChI=1S/C37H48N2/c1-12-16-32-33(29-17-14-13-15-18-29)39-35-31(26(3)20-22-28(5)37(9,10)11)24-23-30(34(35)38-32)25(2)19-21-27(4)36(6,7)8/h13-15,17-24H,12,16H2,1-11H3/b25-19+,26-20+,27-21+,28-22+. The lowest BCUT2D eigenvalue weighted by atomic mass is 9.87. The molecule has 1 heterocycles. The van der Waals surface area contributed by atoms with Crippen molar-refractivity contribution in [1.29, 1.82) is 0 Å². The summed E-state index contributed by atoms with van der Waals surface area (Å²) in [6.45, 7) is 24.5. The molecule has 3 rings (SSSR count). The highest BCUT2D eigenvalue weighted by Gasteiger charge is 2.18. The van der Waals surface area contributed by atoms with E-state index in [1.165, 1.54) is 22.3 Å². The Morgan fingerprint density at radius 1 is 0.641 bits per heavy atom. The van der Waals surface area contributed by atoms with Gasteiger partial charge in [0.1, 0.15) is 0 Å². The summed E-state index contributed by atoms with van der Waals surface area (Å²) >= 11 is 0. The molecule has 0 fully saturated rings. The molecule has 2 aromatic carbocycles. The second-order valence-corrected chi connectivity index (χ2v) is 12.9. The van der Waals surface area contributed by atoms with Crippen LogP contribution in [0.5, 0.6) is 0 Å². The third kappa shape index (κ3) is 7.44. The van der Waals surface area contributed by atoms with Crippen LogP contribution < -0.4 is 0 Å². The highest BCUT2D eigenvalue weighted by atomic mass is 14.8. The molecule has 0 atom stereocenters.